The molecule has 8 heteroatoms. The van der Waals surface area contributed by atoms with E-state index in [-0.39, 0.29) is 15.7 Å². The van der Waals surface area contributed by atoms with E-state index in [1.165, 1.54) is 30.3 Å². The zero-order valence-corrected chi connectivity index (χ0v) is 13.6. The van der Waals surface area contributed by atoms with Crippen LogP contribution in [0, 0.1) is 0 Å². The Labute approximate surface area is 138 Å². The van der Waals surface area contributed by atoms with Crippen LogP contribution in [0.2, 0.25) is 5.02 Å². The van der Waals surface area contributed by atoms with E-state index in [2.05, 4.69) is 9.46 Å². The lowest BCUT2D eigenvalue weighted by Crippen LogP contribution is -2.27. The number of nitrogens with one attached hydrogen (secondary N) is 1. The zero-order chi connectivity index (χ0) is 17.0. The van der Waals surface area contributed by atoms with Gasteiger partial charge in [0.05, 0.1) is 5.02 Å². The number of rotatable bonds is 6. The molecule has 0 amide bonds. The molecule has 0 fully saturated rings. The van der Waals surface area contributed by atoms with Crippen molar-refractivity contribution in [3.63, 3.8) is 0 Å². The highest BCUT2D eigenvalue weighted by molar-refractivity contribution is 7.89. The Hall–Kier alpha value is -1.70. The molecule has 2 rings (SSSR count). The molecule has 0 aromatic heterocycles. The first-order valence-electron chi connectivity index (χ1n) is 6.61. The smallest absolute Gasteiger partial charge is 0.387 e. The van der Waals surface area contributed by atoms with Gasteiger partial charge in [0.25, 0.3) is 0 Å². The number of benzene rings is 2. The minimum atomic E-state index is -3.85. The molecule has 23 heavy (non-hydrogen) atoms. The lowest BCUT2D eigenvalue weighted by molar-refractivity contribution is -0.0499. The largest absolute Gasteiger partial charge is 0.435 e. The number of alkyl halides is 2. The highest BCUT2D eigenvalue weighted by Gasteiger charge is 2.21. The maximum Gasteiger partial charge on any atom is 0.387 e. The van der Waals surface area contributed by atoms with Crippen LogP contribution in [0.5, 0.6) is 5.75 Å². The minimum absolute atomic E-state index is 0.0405. The molecule has 4 nitrogen and oxygen atoms in total. The summed E-state index contributed by atoms with van der Waals surface area (Å²) < 4.78 is 56.0. The predicted molar refractivity (Wildman–Crippen MR) is 83.3 cm³/mol. The summed E-state index contributed by atoms with van der Waals surface area (Å²) in [5.74, 6) is -0.0405. The molecule has 124 valence electrons. The van der Waals surface area contributed by atoms with Crippen LogP contribution >= 0.6 is 11.6 Å². The highest BCUT2D eigenvalue weighted by Crippen LogP contribution is 2.25. The summed E-state index contributed by atoms with van der Waals surface area (Å²) in [6.45, 7) is -1.35. The van der Waals surface area contributed by atoms with Gasteiger partial charge in [-0.05, 0) is 36.8 Å². The minimum Gasteiger partial charge on any atom is -0.435 e. The van der Waals surface area contributed by atoms with Crippen molar-refractivity contribution in [1.82, 2.24) is 4.72 Å². The van der Waals surface area contributed by atoms with Crippen LogP contribution in [0.1, 0.15) is 18.5 Å². The number of hydrogen-bond donors (Lipinski definition) is 1. The van der Waals surface area contributed by atoms with E-state index in [0.717, 1.165) is 0 Å². The standard InChI is InChI=1S/C15H14ClF2NO3S/c1-10(11-5-4-6-12(9-11)22-15(17)18)19-23(20,21)14-8-3-2-7-13(14)16/h2-10,15,19H,1H3/t10-/m0/s1. The average Bonchev–Trinajstić information content (AvgIpc) is 2.46. The van der Waals surface area contributed by atoms with E-state index in [1.807, 2.05) is 0 Å². The quantitative estimate of drug-likeness (QED) is 0.846. The molecule has 0 saturated heterocycles. The number of sulfonamides is 1. The van der Waals surface area contributed by atoms with Gasteiger partial charge in [-0.3, -0.25) is 0 Å². The molecule has 0 saturated carbocycles. The van der Waals surface area contributed by atoms with E-state index in [9.17, 15) is 17.2 Å². The maximum atomic E-state index is 12.4. The van der Waals surface area contributed by atoms with E-state index in [1.54, 1.807) is 25.1 Å². The molecule has 0 radical (unpaired) electrons. The summed E-state index contributed by atoms with van der Waals surface area (Å²) in [7, 11) is -3.85. The van der Waals surface area contributed by atoms with Gasteiger partial charge in [0.1, 0.15) is 10.6 Å². The molecule has 0 unspecified atom stereocenters. The van der Waals surface area contributed by atoms with Crippen LogP contribution in [0.25, 0.3) is 0 Å². The molecule has 0 aliphatic heterocycles. The van der Waals surface area contributed by atoms with Crippen molar-refractivity contribution >= 4 is 21.6 Å². The molecule has 2 aromatic rings. The SMILES string of the molecule is C[C@H](NS(=O)(=O)c1ccccc1Cl)c1cccc(OC(F)F)c1. The fraction of sp³-hybridized carbons (Fsp3) is 0.200. The Morgan fingerprint density at radius 2 is 1.83 bits per heavy atom. The van der Waals surface area contributed by atoms with Crippen LogP contribution in [0.3, 0.4) is 0 Å². The predicted octanol–water partition coefficient (Wildman–Crippen LogP) is 3.98. The van der Waals surface area contributed by atoms with Crippen LogP contribution in [-0.2, 0) is 10.0 Å². The first kappa shape index (κ1) is 17.7. The Kier molecular flexibility index (Phi) is 5.56. The Bertz CT molecular complexity index is 784. The maximum absolute atomic E-state index is 12.4. The zero-order valence-electron chi connectivity index (χ0n) is 12.0. The molecule has 0 aliphatic rings. The topological polar surface area (TPSA) is 55.4 Å². The van der Waals surface area contributed by atoms with Gasteiger partial charge in [0.15, 0.2) is 0 Å². The van der Waals surface area contributed by atoms with E-state index in [4.69, 9.17) is 11.6 Å². The average molecular weight is 362 g/mol. The summed E-state index contributed by atoms with van der Waals surface area (Å²) in [4.78, 5) is -0.0477. The van der Waals surface area contributed by atoms with Crippen molar-refractivity contribution in [2.24, 2.45) is 0 Å². The first-order chi connectivity index (χ1) is 10.8. The third-order valence-corrected chi connectivity index (χ3v) is 5.08. The molecule has 0 heterocycles. The van der Waals surface area contributed by atoms with E-state index >= 15 is 0 Å². The molecule has 0 aliphatic carbocycles. The van der Waals surface area contributed by atoms with Gasteiger partial charge >= 0.3 is 6.61 Å². The van der Waals surface area contributed by atoms with Gasteiger partial charge in [-0.2, -0.15) is 8.78 Å². The van der Waals surface area contributed by atoms with Crippen LogP contribution in [-0.4, -0.2) is 15.0 Å². The molecular formula is C15H14ClF2NO3S. The molecule has 1 atom stereocenters. The molecule has 0 bridgehead atoms. The Morgan fingerprint density at radius 1 is 1.13 bits per heavy atom. The number of ether oxygens (including phenoxy) is 1. The number of hydrogen-bond acceptors (Lipinski definition) is 3. The van der Waals surface area contributed by atoms with Crippen molar-refractivity contribution in [2.75, 3.05) is 0 Å². The summed E-state index contributed by atoms with van der Waals surface area (Å²) in [5.41, 5.74) is 0.485. The second-order valence-electron chi connectivity index (χ2n) is 4.72. The monoisotopic (exact) mass is 361 g/mol. The normalized spacial score (nSPS) is 13.1. The third-order valence-electron chi connectivity index (χ3n) is 3.04. The van der Waals surface area contributed by atoms with Gasteiger partial charge in [0, 0.05) is 6.04 Å². The van der Waals surface area contributed by atoms with Gasteiger partial charge in [-0.1, -0.05) is 35.9 Å². The molecule has 0 spiro atoms. The molecule has 1 N–H and O–H groups in total. The van der Waals surface area contributed by atoms with Crippen LogP contribution in [0.15, 0.2) is 53.4 Å². The first-order valence-corrected chi connectivity index (χ1v) is 8.47. The van der Waals surface area contributed by atoms with Gasteiger partial charge < -0.3 is 4.74 Å². The summed E-state index contributed by atoms with van der Waals surface area (Å²) in [6, 6.07) is 11.2. The van der Waals surface area contributed by atoms with Crippen molar-refractivity contribution in [2.45, 2.75) is 24.5 Å². The second-order valence-corrected chi connectivity index (χ2v) is 6.81. The van der Waals surface area contributed by atoms with E-state index in [0.29, 0.717) is 5.56 Å². The van der Waals surface area contributed by atoms with Crippen molar-refractivity contribution in [3.05, 3.63) is 59.1 Å². The fourth-order valence-electron chi connectivity index (χ4n) is 1.99. The van der Waals surface area contributed by atoms with Crippen molar-refractivity contribution in [1.29, 1.82) is 0 Å². The molecule has 2 aromatic carbocycles. The van der Waals surface area contributed by atoms with Crippen LogP contribution < -0.4 is 9.46 Å². The van der Waals surface area contributed by atoms with Crippen LogP contribution in [0.4, 0.5) is 8.78 Å². The highest BCUT2D eigenvalue weighted by atomic mass is 35.5. The lowest BCUT2D eigenvalue weighted by Gasteiger charge is -2.16. The summed E-state index contributed by atoms with van der Waals surface area (Å²) >= 11 is 5.90. The summed E-state index contributed by atoms with van der Waals surface area (Å²) in [6.07, 6.45) is 0. The lowest BCUT2D eigenvalue weighted by atomic mass is 10.1. The van der Waals surface area contributed by atoms with Gasteiger partial charge in [-0.25, -0.2) is 13.1 Å². The van der Waals surface area contributed by atoms with Crippen molar-refractivity contribution in [3.8, 4) is 5.75 Å². The van der Waals surface area contributed by atoms with Gasteiger partial charge in [0.2, 0.25) is 10.0 Å². The third kappa shape index (κ3) is 4.63. The Balaban J connectivity index is 2.21. The van der Waals surface area contributed by atoms with Gasteiger partial charge in [-0.15, -0.1) is 0 Å². The fourth-order valence-corrected chi connectivity index (χ4v) is 3.74. The van der Waals surface area contributed by atoms with Crippen molar-refractivity contribution < 1.29 is 21.9 Å². The van der Waals surface area contributed by atoms with E-state index < -0.39 is 22.7 Å². The number of halogens is 3. The second kappa shape index (κ2) is 7.25. The Morgan fingerprint density at radius 3 is 2.48 bits per heavy atom. The summed E-state index contributed by atoms with van der Waals surface area (Å²) in [5, 5.41) is 0.0991. The molecular weight excluding hydrogens is 348 g/mol.